The molecule has 0 radical (unpaired) electrons. The van der Waals surface area contributed by atoms with Crippen LogP contribution in [0.15, 0.2) is 72.8 Å². The molecule has 7 heteroatoms. The highest BCUT2D eigenvalue weighted by atomic mass is 16.5. The zero-order valence-corrected chi connectivity index (χ0v) is 18.4. The van der Waals surface area contributed by atoms with Gasteiger partial charge in [-0.2, -0.15) is 0 Å². The Bertz CT molecular complexity index is 1240. The molecule has 0 aliphatic heterocycles. The van der Waals surface area contributed by atoms with E-state index in [1.807, 2.05) is 24.3 Å². The maximum atomic E-state index is 12.7. The number of carbonyl (C=O) groups is 3. The van der Waals surface area contributed by atoms with E-state index >= 15 is 0 Å². The summed E-state index contributed by atoms with van der Waals surface area (Å²) in [6, 6.07) is 22.6. The van der Waals surface area contributed by atoms with Crippen LogP contribution in [-0.2, 0) is 16.1 Å². The normalized spacial score (nSPS) is 15.1. The fraction of sp³-hybridized carbons (Fsp3) is 0.222. The first-order valence-corrected chi connectivity index (χ1v) is 11.2. The molecule has 0 unspecified atom stereocenters. The maximum absolute atomic E-state index is 12.7. The van der Waals surface area contributed by atoms with Gasteiger partial charge in [0.2, 0.25) is 5.91 Å². The van der Waals surface area contributed by atoms with Crippen molar-refractivity contribution in [3.05, 3.63) is 95.1 Å². The van der Waals surface area contributed by atoms with Crippen LogP contribution in [0.1, 0.15) is 45.8 Å². The largest absolute Gasteiger partial charge is 0.478 e. The molecule has 1 saturated carbocycles. The van der Waals surface area contributed by atoms with Gasteiger partial charge in [-0.1, -0.05) is 60.7 Å². The van der Waals surface area contributed by atoms with E-state index in [0.717, 1.165) is 22.3 Å². The second kappa shape index (κ2) is 8.67. The summed E-state index contributed by atoms with van der Waals surface area (Å²) in [5.41, 5.74) is 4.40. The molecular formula is C27H24N2O5. The Balaban J connectivity index is 1.19. The molecule has 0 atom stereocenters. The van der Waals surface area contributed by atoms with Gasteiger partial charge in [-0.3, -0.25) is 4.79 Å². The first-order valence-electron chi connectivity index (χ1n) is 11.2. The Hall–Kier alpha value is -4.13. The van der Waals surface area contributed by atoms with Crippen LogP contribution in [0.4, 0.5) is 4.79 Å². The number of carboxylic acids is 1. The molecule has 2 aliphatic rings. The Labute approximate surface area is 196 Å². The summed E-state index contributed by atoms with van der Waals surface area (Å²) >= 11 is 0. The van der Waals surface area contributed by atoms with Crippen LogP contribution in [0.5, 0.6) is 0 Å². The van der Waals surface area contributed by atoms with Gasteiger partial charge >= 0.3 is 12.1 Å². The molecule has 3 aromatic carbocycles. The highest BCUT2D eigenvalue weighted by Crippen LogP contribution is 2.44. The quantitative estimate of drug-likeness (QED) is 0.497. The summed E-state index contributed by atoms with van der Waals surface area (Å²) in [5, 5.41) is 14.6. The van der Waals surface area contributed by atoms with Gasteiger partial charge in [0.15, 0.2) is 0 Å². The van der Waals surface area contributed by atoms with Crippen molar-refractivity contribution in [1.82, 2.24) is 10.6 Å². The number of nitrogens with one attached hydrogen (secondary N) is 2. The van der Waals surface area contributed by atoms with E-state index in [2.05, 4.69) is 34.9 Å². The highest BCUT2D eigenvalue weighted by Gasteiger charge is 2.51. The van der Waals surface area contributed by atoms with Crippen molar-refractivity contribution in [2.45, 2.75) is 30.8 Å². The summed E-state index contributed by atoms with van der Waals surface area (Å²) in [4.78, 5) is 36.5. The van der Waals surface area contributed by atoms with Gasteiger partial charge in [-0.25, -0.2) is 9.59 Å². The Kier molecular flexibility index (Phi) is 5.53. The molecule has 2 aliphatic carbocycles. The van der Waals surface area contributed by atoms with Crippen LogP contribution < -0.4 is 10.6 Å². The molecule has 34 heavy (non-hydrogen) atoms. The molecule has 3 aromatic rings. The number of ether oxygens (including phenoxy) is 1. The lowest BCUT2D eigenvalue weighted by Gasteiger charge is -2.19. The summed E-state index contributed by atoms with van der Waals surface area (Å²) in [7, 11) is 0. The molecule has 172 valence electrons. The van der Waals surface area contributed by atoms with Crippen molar-refractivity contribution < 1.29 is 24.2 Å². The van der Waals surface area contributed by atoms with Gasteiger partial charge in [-0.05, 0) is 52.8 Å². The zero-order chi connectivity index (χ0) is 23.7. The first-order chi connectivity index (χ1) is 16.5. The van der Waals surface area contributed by atoms with Crippen molar-refractivity contribution in [2.24, 2.45) is 0 Å². The van der Waals surface area contributed by atoms with E-state index in [-0.39, 0.29) is 30.5 Å². The summed E-state index contributed by atoms with van der Waals surface area (Å²) in [5.74, 6) is -1.38. The van der Waals surface area contributed by atoms with E-state index < -0.39 is 17.6 Å². The lowest BCUT2D eigenvalue weighted by atomic mass is 9.98. The van der Waals surface area contributed by atoms with Gasteiger partial charge in [0.1, 0.15) is 12.1 Å². The zero-order valence-electron chi connectivity index (χ0n) is 18.4. The van der Waals surface area contributed by atoms with Gasteiger partial charge in [0, 0.05) is 12.5 Å². The smallest absolute Gasteiger partial charge is 0.408 e. The SMILES string of the molecule is O=C(NC1(C(=O)NCc2cccc(C(=O)O)c2)CC1)OCC1c2ccccc2-c2ccccc21. The third kappa shape index (κ3) is 4.12. The molecule has 5 rings (SSSR count). The lowest BCUT2D eigenvalue weighted by Crippen LogP contribution is -2.49. The molecule has 3 N–H and O–H groups in total. The van der Waals surface area contributed by atoms with Gasteiger partial charge in [0.25, 0.3) is 0 Å². The average molecular weight is 456 g/mol. The monoisotopic (exact) mass is 456 g/mol. The summed E-state index contributed by atoms with van der Waals surface area (Å²) < 4.78 is 5.58. The van der Waals surface area contributed by atoms with Gasteiger partial charge in [-0.15, -0.1) is 0 Å². The molecule has 0 heterocycles. The van der Waals surface area contributed by atoms with Crippen LogP contribution >= 0.6 is 0 Å². The molecule has 0 saturated heterocycles. The van der Waals surface area contributed by atoms with E-state index in [0.29, 0.717) is 18.4 Å². The number of alkyl carbamates (subject to hydrolysis) is 1. The van der Waals surface area contributed by atoms with Crippen molar-refractivity contribution in [3.8, 4) is 11.1 Å². The number of rotatable bonds is 7. The summed E-state index contributed by atoms with van der Waals surface area (Å²) in [6.07, 6.45) is 0.429. The fourth-order valence-electron chi connectivity index (χ4n) is 4.53. The number of hydrogen-bond acceptors (Lipinski definition) is 4. The van der Waals surface area contributed by atoms with Crippen LogP contribution in [0.3, 0.4) is 0 Å². The molecule has 2 amide bonds. The fourth-order valence-corrected chi connectivity index (χ4v) is 4.53. The number of carbonyl (C=O) groups excluding carboxylic acids is 2. The number of fused-ring (bicyclic) bond motifs is 3. The van der Waals surface area contributed by atoms with Crippen molar-refractivity contribution in [1.29, 1.82) is 0 Å². The van der Waals surface area contributed by atoms with E-state index in [9.17, 15) is 14.4 Å². The third-order valence-electron chi connectivity index (χ3n) is 6.50. The Morgan fingerprint density at radius 1 is 0.912 bits per heavy atom. The van der Waals surface area contributed by atoms with E-state index in [4.69, 9.17) is 9.84 Å². The number of carboxylic acid groups (broad SMARTS) is 1. The van der Waals surface area contributed by atoms with E-state index in [1.165, 1.54) is 12.1 Å². The minimum atomic E-state index is -1.02. The van der Waals surface area contributed by atoms with Crippen molar-refractivity contribution in [3.63, 3.8) is 0 Å². The average Bonchev–Trinajstić information content (AvgIpc) is 3.56. The second-order valence-electron chi connectivity index (χ2n) is 8.72. The van der Waals surface area contributed by atoms with Gasteiger partial charge < -0.3 is 20.5 Å². The van der Waals surface area contributed by atoms with Crippen LogP contribution in [0, 0.1) is 0 Å². The molecular weight excluding hydrogens is 432 g/mol. The third-order valence-corrected chi connectivity index (χ3v) is 6.50. The molecule has 7 nitrogen and oxygen atoms in total. The standard InChI is InChI=1S/C27H24N2O5/c30-24(31)18-7-5-6-17(14-18)15-28-25(32)27(12-13-27)29-26(33)34-16-23-21-10-3-1-8-19(21)20-9-2-4-11-22(20)23/h1-11,14,23H,12-13,15-16H2,(H,28,32)(H,29,33)(H,30,31). The van der Waals surface area contributed by atoms with Crippen LogP contribution in [-0.4, -0.2) is 35.2 Å². The Morgan fingerprint density at radius 3 is 2.18 bits per heavy atom. The lowest BCUT2D eigenvalue weighted by molar-refractivity contribution is -0.124. The van der Waals surface area contributed by atoms with E-state index in [1.54, 1.807) is 12.1 Å². The number of aromatic carboxylic acids is 1. The predicted octanol–water partition coefficient (Wildman–Crippen LogP) is 4.07. The molecule has 1 fully saturated rings. The highest BCUT2D eigenvalue weighted by molar-refractivity contribution is 5.93. The topological polar surface area (TPSA) is 105 Å². The van der Waals surface area contributed by atoms with Crippen molar-refractivity contribution in [2.75, 3.05) is 6.61 Å². The first kappa shape index (κ1) is 21.7. The minimum absolute atomic E-state index is 0.0522. The second-order valence-corrected chi connectivity index (χ2v) is 8.72. The van der Waals surface area contributed by atoms with Gasteiger partial charge in [0.05, 0.1) is 5.56 Å². The van der Waals surface area contributed by atoms with Crippen LogP contribution in [0.25, 0.3) is 11.1 Å². The number of amides is 2. The number of hydrogen-bond donors (Lipinski definition) is 3. The molecule has 0 aromatic heterocycles. The molecule has 0 spiro atoms. The minimum Gasteiger partial charge on any atom is -0.478 e. The predicted molar refractivity (Wildman–Crippen MR) is 125 cm³/mol. The number of benzene rings is 3. The molecule has 0 bridgehead atoms. The maximum Gasteiger partial charge on any atom is 0.408 e. The van der Waals surface area contributed by atoms with Crippen molar-refractivity contribution >= 4 is 18.0 Å². The Morgan fingerprint density at radius 2 is 1.56 bits per heavy atom. The van der Waals surface area contributed by atoms with Crippen LogP contribution in [0.2, 0.25) is 0 Å². The summed E-state index contributed by atoms with van der Waals surface area (Å²) in [6.45, 7) is 0.355.